The highest BCUT2D eigenvalue weighted by atomic mass is 35.5. The molecule has 3 nitrogen and oxygen atoms in total. The fourth-order valence-corrected chi connectivity index (χ4v) is 2.31. The van der Waals surface area contributed by atoms with Gasteiger partial charge in [-0.1, -0.05) is 17.7 Å². The Balaban J connectivity index is 2.34. The van der Waals surface area contributed by atoms with Gasteiger partial charge in [-0.15, -0.1) is 0 Å². The van der Waals surface area contributed by atoms with Gasteiger partial charge >= 0.3 is 0 Å². The Morgan fingerprint density at radius 2 is 2.06 bits per heavy atom. The number of aromatic nitrogens is 2. The summed E-state index contributed by atoms with van der Waals surface area (Å²) in [6.07, 6.45) is 0.822. The summed E-state index contributed by atoms with van der Waals surface area (Å²) in [7, 11) is 2.00. The lowest BCUT2D eigenvalue weighted by Gasteiger charge is -2.05. The zero-order valence-corrected chi connectivity index (χ0v) is 11.8. The normalized spacial score (nSPS) is 10.9. The minimum Gasteiger partial charge on any atom is -0.334 e. The lowest BCUT2D eigenvalue weighted by atomic mass is 10.0. The summed E-state index contributed by atoms with van der Waals surface area (Å²) in [4.78, 5) is 4.59. The molecular weight excluding hydrogens is 246 g/mol. The number of hydrogen-bond acceptors (Lipinski definition) is 2. The van der Waals surface area contributed by atoms with E-state index in [-0.39, 0.29) is 0 Å². The van der Waals surface area contributed by atoms with Crippen LogP contribution in [0, 0.1) is 13.8 Å². The molecule has 0 bridgehead atoms. The maximum atomic E-state index is 5.97. The van der Waals surface area contributed by atoms with Crippen molar-refractivity contribution in [3.05, 3.63) is 51.6 Å². The van der Waals surface area contributed by atoms with E-state index in [9.17, 15) is 0 Å². The SMILES string of the molecule is Cc1cc(Cl)ccc1Cc1nc(CN)n(C)c1C. The third-order valence-corrected chi connectivity index (χ3v) is 3.65. The van der Waals surface area contributed by atoms with Crippen molar-refractivity contribution in [2.24, 2.45) is 12.8 Å². The van der Waals surface area contributed by atoms with Gasteiger partial charge in [0.05, 0.1) is 12.2 Å². The third kappa shape index (κ3) is 2.42. The first kappa shape index (κ1) is 13.1. The second-order valence-corrected chi connectivity index (χ2v) is 5.01. The van der Waals surface area contributed by atoms with Crippen molar-refractivity contribution in [2.45, 2.75) is 26.8 Å². The van der Waals surface area contributed by atoms with Gasteiger partial charge in [0.1, 0.15) is 5.82 Å². The summed E-state index contributed by atoms with van der Waals surface area (Å²) in [5.74, 6) is 0.925. The van der Waals surface area contributed by atoms with Crippen molar-refractivity contribution < 1.29 is 0 Å². The smallest absolute Gasteiger partial charge is 0.122 e. The van der Waals surface area contributed by atoms with Crippen LogP contribution in [0.25, 0.3) is 0 Å². The van der Waals surface area contributed by atoms with Crippen LogP contribution in [0.1, 0.15) is 28.3 Å². The van der Waals surface area contributed by atoms with Crippen molar-refractivity contribution in [3.8, 4) is 0 Å². The molecule has 0 amide bonds. The van der Waals surface area contributed by atoms with Gasteiger partial charge in [0.2, 0.25) is 0 Å². The minimum absolute atomic E-state index is 0.469. The van der Waals surface area contributed by atoms with Crippen molar-refractivity contribution in [3.63, 3.8) is 0 Å². The van der Waals surface area contributed by atoms with Crippen LogP contribution >= 0.6 is 11.6 Å². The van der Waals surface area contributed by atoms with E-state index < -0.39 is 0 Å². The molecule has 0 radical (unpaired) electrons. The summed E-state index contributed by atoms with van der Waals surface area (Å²) < 4.78 is 2.06. The highest BCUT2D eigenvalue weighted by Crippen LogP contribution is 2.20. The van der Waals surface area contributed by atoms with E-state index in [1.54, 1.807) is 0 Å². The number of halogens is 1. The topological polar surface area (TPSA) is 43.8 Å². The summed E-state index contributed by atoms with van der Waals surface area (Å²) in [5.41, 5.74) is 10.4. The molecule has 2 N–H and O–H groups in total. The number of imidazole rings is 1. The van der Waals surface area contributed by atoms with Crippen LogP contribution in [0.15, 0.2) is 18.2 Å². The molecule has 0 saturated carbocycles. The van der Waals surface area contributed by atoms with Gasteiger partial charge in [-0.3, -0.25) is 0 Å². The zero-order valence-electron chi connectivity index (χ0n) is 11.0. The number of benzene rings is 1. The highest BCUT2D eigenvalue weighted by Gasteiger charge is 2.11. The molecular formula is C14H18ClN3. The number of rotatable bonds is 3. The summed E-state index contributed by atoms with van der Waals surface area (Å²) in [5, 5.41) is 0.775. The molecule has 0 unspecified atom stereocenters. The predicted octanol–water partition coefficient (Wildman–Crippen LogP) is 2.74. The van der Waals surface area contributed by atoms with E-state index in [0.717, 1.165) is 23.0 Å². The Kier molecular flexibility index (Phi) is 3.73. The number of nitrogens with two attached hydrogens (primary N) is 1. The van der Waals surface area contributed by atoms with Crippen LogP contribution in [0.5, 0.6) is 0 Å². The van der Waals surface area contributed by atoms with Crippen molar-refractivity contribution in [2.75, 3.05) is 0 Å². The summed E-state index contributed by atoms with van der Waals surface area (Å²) >= 11 is 5.97. The maximum Gasteiger partial charge on any atom is 0.122 e. The molecule has 0 aliphatic heterocycles. The molecule has 0 fully saturated rings. The Morgan fingerprint density at radius 3 is 2.61 bits per heavy atom. The Bertz CT molecular complexity index is 573. The predicted molar refractivity (Wildman–Crippen MR) is 74.8 cm³/mol. The van der Waals surface area contributed by atoms with Gasteiger partial charge in [0.15, 0.2) is 0 Å². The van der Waals surface area contributed by atoms with Crippen molar-refractivity contribution in [1.82, 2.24) is 9.55 Å². The molecule has 1 aromatic heterocycles. The fraction of sp³-hybridized carbons (Fsp3) is 0.357. The zero-order chi connectivity index (χ0) is 13.3. The van der Waals surface area contributed by atoms with Crippen LogP contribution in [0.3, 0.4) is 0 Å². The molecule has 0 saturated heterocycles. The standard InChI is InChI=1S/C14H18ClN3/c1-9-6-12(15)5-4-11(9)7-13-10(2)18(3)14(8-16)17-13/h4-6H,7-8,16H2,1-3H3. The molecule has 1 heterocycles. The van der Waals surface area contributed by atoms with Gasteiger partial charge in [-0.05, 0) is 37.1 Å². The average Bonchev–Trinajstić information content (AvgIpc) is 2.60. The quantitative estimate of drug-likeness (QED) is 0.925. The summed E-state index contributed by atoms with van der Waals surface area (Å²) in [6.45, 7) is 4.62. The molecule has 2 aromatic rings. The number of hydrogen-bond donors (Lipinski definition) is 1. The van der Waals surface area contributed by atoms with Gasteiger partial charge in [-0.25, -0.2) is 4.98 Å². The van der Waals surface area contributed by atoms with Crippen LogP contribution in [-0.2, 0) is 20.0 Å². The van der Waals surface area contributed by atoms with E-state index in [2.05, 4.69) is 29.5 Å². The number of aryl methyl sites for hydroxylation is 1. The van der Waals surface area contributed by atoms with Crippen LogP contribution in [0.2, 0.25) is 5.02 Å². The van der Waals surface area contributed by atoms with Gasteiger partial charge in [-0.2, -0.15) is 0 Å². The second kappa shape index (κ2) is 5.12. The maximum absolute atomic E-state index is 5.97. The number of nitrogens with zero attached hydrogens (tertiary/aromatic N) is 2. The largest absolute Gasteiger partial charge is 0.334 e. The van der Waals surface area contributed by atoms with E-state index >= 15 is 0 Å². The van der Waals surface area contributed by atoms with Crippen LogP contribution in [0.4, 0.5) is 0 Å². The van der Waals surface area contributed by atoms with Crippen molar-refractivity contribution in [1.29, 1.82) is 0 Å². The molecule has 0 aliphatic rings. The average molecular weight is 264 g/mol. The van der Waals surface area contributed by atoms with Gasteiger partial charge in [0, 0.05) is 24.2 Å². The van der Waals surface area contributed by atoms with E-state index in [1.165, 1.54) is 16.8 Å². The third-order valence-electron chi connectivity index (χ3n) is 3.42. The van der Waals surface area contributed by atoms with Crippen LogP contribution in [-0.4, -0.2) is 9.55 Å². The Morgan fingerprint density at radius 1 is 1.33 bits per heavy atom. The Labute approximate surface area is 113 Å². The summed E-state index contributed by atoms with van der Waals surface area (Å²) in [6, 6.07) is 5.97. The van der Waals surface area contributed by atoms with E-state index in [1.807, 2.05) is 19.2 Å². The lowest BCUT2D eigenvalue weighted by molar-refractivity contribution is 0.774. The van der Waals surface area contributed by atoms with Gasteiger partial charge in [0.25, 0.3) is 0 Å². The van der Waals surface area contributed by atoms with E-state index in [4.69, 9.17) is 17.3 Å². The lowest BCUT2D eigenvalue weighted by Crippen LogP contribution is -2.05. The molecule has 0 aliphatic carbocycles. The molecule has 4 heteroatoms. The first-order valence-electron chi connectivity index (χ1n) is 5.99. The first-order valence-corrected chi connectivity index (χ1v) is 6.37. The molecule has 1 aromatic carbocycles. The molecule has 0 spiro atoms. The monoisotopic (exact) mass is 263 g/mol. The molecule has 18 heavy (non-hydrogen) atoms. The van der Waals surface area contributed by atoms with Crippen LogP contribution < -0.4 is 5.73 Å². The Hall–Kier alpha value is -1.32. The fourth-order valence-electron chi connectivity index (χ4n) is 2.09. The van der Waals surface area contributed by atoms with E-state index in [0.29, 0.717) is 6.54 Å². The molecule has 2 rings (SSSR count). The van der Waals surface area contributed by atoms with Crippen molar-refractivity contribution >= 4 is 11.6 Å². The highest BCUT2D eigenvalue weighted by molar-refractivity contribution is 6.30. The van der Waals surface area contributed by atoms with Gasteiger partial charge < -0.3 is 10.3 Å². The molecule has 0 atom stereocenters. The molecule has 96 valence electrons. The second-order valence-electron chi connectivity index (χ2n) is 4.57. The first-order chi connectivity index (χ1) is 8.52. The minimum atomic E-state index is 0.469.